The predicted octanol–water partition coefficient (Wildman–Crippen LogP) is 3.56. The molecule has 0 atom stereocenters. The van der Waals surface area contributed by atoms with Crippen molar-refractivity contribution in [2.24, 2.45) is 0 Å². The fraction of sp³-hybridized carbons (Fsp3) is 0.500. The van der Waals surface area contributed by atoms with E-state index in [0.29, 0.717) is 18.0 Å². The number of nitrogens with zero attached hydrogens (tertiary/aromatic N) is 2. The first-order valence-electron chi connectivity index (χ1n) is 8.59. The SMILES string of the molecule is CCCCCN1C(=O)C(C)(C)c2cc3[nH]c(NC(=O)OC)nc3cc21. The first-order chi connectivity index (χ1) is 11.9. The van der Waals surface area contributed by atoms with Gasteiger partial charge in [0.2, 0.25) is 11.9 Å². The van der Waals surface area contributed by atoms with Gasteiger partial charge in [0.05, 0.1) is 29.2 Å². The van der Waals surface area contributed by atoms with Crippen LogP contribution in [0.4, 0.5) is 16.4 Å². The van der Waals surface area contributed by atoms with Crippen molar-refractivity contribution in [1.82, 2.24) is 9.97 Å². The summed E-state index contributed by atoms with van der Waals surface area (Å²) in [5.74, 6) is 0.450. The zero-order valence-electron chi connectivity index (χ0n) is 15.1. The van der Waals surface area contributed by atoms with Crippen molar-refractivity contribution in [3.63, 3.8) is 0 Å². The normalized spacial score (nSPS) is 15.5. The number of aromatic amines is 1. The topological polar surface area (TPSA) is 87.3 Å². The fourth-order valence-electron chi connectivity index (χ4n) is 3.28. The van der Waals surface area contributed by atoms with Crippen molar-refractivity contribution >= 4 is 34.7 Å². The quantitative estimate of drug-likeness (QED) is 0.812. The van der Waals surface area contributed by atoms with Gasteiger partial charge in [-0.15, -0.1) is 0 Å². The zero-order valence-corrected chi connectivity index (χ0v) is 15.1. The Morgan fingerprint density at radius 3 is 2.80 bits per heavy atom. The van der Waals surface area contributed by atoms with Gasteiger partial charge in [0.1, 0.15) is 0 Å². The smallest absolute Gasteiger partial charge is 0.413 e. The van der Waals surface area contributed by atoms with Crippen LogP contribution < -0.4 is 10.2 Å². The predicted molar refractivity (Wildman–Crippen MR) is 97.0 cm³/mol. The van der Waals surface area contributed by atoms with Crippen LogP contribution in [-0.2, 0) is 14.9 Å². The lowest BCUT2D eigenvalue weighted by Crippen LogP contribution is -2.36. The van der Waals surface area contributed by atoms with E-state index >= 15 is 0 Å². The summed E-state index contributed by atoms with van der Waals surface area (Å²) in [4.78, 5) is 33.5. The zero-order chi connectivity index (χ0) is 18.2. The van der Waals surface area contributed by atoms with Crippen LogP contribution in [0.3, 0.4) is 0 Å². The van der Waals surface area contributed by atoms with E-state index in [1.165, 1.54) is 7.11 Å². The fourth-order valence-corrected chi connectivity index (χ4v) is 3.28. The van der Waals surface area contributed by atoms with E-state index in [1.54, 1.807) is 0 Å². The van der Waals surface area contributed by atoms with E-state index in [9.17, 15) is 9.59 Å². The highest BCUT2D eigenvalue weighted by Crippen LogP contribution is 2.43. The summed E-state index contributed by atoms with van der Waals surface area (Å²) >= 11 is 0. The van der Waals surface area contributed by atoms with Gasteiger partial charge in [0.25, 0.3) is 0 Å². The number of amides is 2. The van der Waals surface area contributed by atoms with Crippen molar-refractivity contribution in [3.8, 4) is 0 Å². The second-order valence-electron chi connectivity index (χ2n) is 6.88. The molecular weight excluding hydrogens is 320 g/mol. The van der Waals surface area contributed by atoms with Gasteiger partial charge in [0, 0.05) is 6.54 Å². The van der Waals surface area contributed by atoms with Crippen LogP contribution in [0.5, 0.6) is 0 Å². The molecule has 3 rings (SSSR count). The number of fused-ring (bicyclic) bond motifs is 2. The Labute approximate surface area is 146 Å². The second kappa shape index (κ2) is 6.38. The van der Waals surface area contributed by atoms with Crippen LogP contribution in [0, 0.1) is 0 Å². The first kappa shape index (κ1) is 17.3. The maximum Gasteiger partial charge on any atom is 0.413 e. The Hall–Kier alpha value is -2.57. The molecule has 25 heavy (non-hydrogen) atoms. The van der Waals surface area contributed by atoms with Crippen LogP contribution in [0.1, 0.15) is 45.6 Å². The molecule has 0 unspecified atom stereocenters. The number of aromatic nitrogens is 2. The summed E-state index contributed by atoms with van der Waals surface area (Å²) in [7, 11) is 1.30. The van der Waals surface area contributed by atoms with Gasteiger partial charge in [-0.3, -0.25) is 10.1 Å². The summed E-state index contributed by atoms with van der Waals surface area (Å²) in [6.07, 6.45) is 2.60. The summed E-state index contributed by atoms with van der Waals surface area (Å²) in [5, 5.41) is 2.53. The highest BCUT2D eigenvalue weighted by molar-refractivity contribution is 6.09. The number of methoxy groups -OCH3 is 1. The van der Waals surface area contributed by atoms with Crippen molar-refractivity contribution < 1.29 is 14.3 Å². The number of carbonyl (C=O) groups is 2. The number of unbranched alkanes of at least 4 members (excludes halogenated alkanes) is 2. The summed E-state index contributed by atoms with van der Waals surface area (Å²) in [6, 6.07) is 3.88. The molecule has 7 heteroatoms. The molecule has 1 aliphatic rings. The van der Waals surface area contributed by atoms with Gasteiger partial charge < -0.3 is 14.6 Å². The lowest BCUT2D eigenvalue weighted by molar-refractivity contribution is -0.122. The minimum absolute atomic E-state index is 0.124. The van der Waals surface area contributed by atoms with E-state index in [4.69, 9.17) is 0 Å². The number of imidazole rings is 1. The minimum Gasteiger partial charge on any atom is -0.453 e. The molecule has 1 aromatic heterocycles. The third kappa shape index (κ3) is 2.94. The lowest BCUT2D eigenvalue weighted by Gasteiger charge is -2.20. The lowest BCUT2D eigenvalue weighted by atomic mass is 9.86. The van der Waals surface area contributed by atoms with Crippen LogP contribution in [0.25, 0.3) is 11.0 Å². The number of nitrogens with one attached hydrogen (secondary N) is 2. The molecule has 134 valence electrons. The van der Waals surface area contributed by atoms with E-state index in [1.807, 2.05) is 30.9 Å². The van der Waals surface area contributed by atoms with Crippen molar-refractivity contribution in [2.75, 3.05) is 23.9 Å². The molecular formula is C18H24N4O3. The monoisotopic (exact) mass is 344 g/mol. The highest BCUT2D eigenvalue weighted by atomic mass is 16.5. The summed E-state index contributed by atoms with van der Waals surface area (Å²) in [5.41, 5.74) is 2.80. The molecule has 0 saturated carbocycles. The van der Waals surface area contributed by atoms with Gasteiger partial charge in [-0.05, 0) is 38.0 Å². The van der Waals surface area contributed by atoms with Crippen molar-refractivity contribution in [2.45, 2.75) is 45.4 Å². The van der Waals surface area contributed by atoms with Gasteiger partial charge >= 0.3 is 6.09 Å². The molecule has 0 radical (unpaired) electrons. The molecule has 0 aliphatic carbocycles. The average Bonchev–Trinajstić information content (AvgIpc) is 3.04. The average molecular weight is 344 g/mol. The molecule has 2 heterocycles. The van der Waals surface area contributed by atoms with Crippen LogP contribution in [0.15, 0.2) is 12.1 Å². The molecule has 2 N–H and O–H groups in total. The number of anilines is 2. The van der Waals surface area contributed by atoms with E-state index in [0.717, 1.165) is 36.0 Å². The number of carbonyl (C=O) groups excluding carboxylic acids is 2. The molecule has 0 bridgehead atoms. The van der Waals surface area contributed by atoms with E-state index in [2.05, 4.69) is 26.9 Å². The third-order valence-electron chi connectivity index (χ3n) is 4.73. The molecule has 2 amide bonds. The van der Waals surface area contributed by atoms with E-state index < -0.39 is 11.5 Å². The number of hydrogen-bond donors (Lipinski definition) is 2. The van der Waals surface area contributed by atoms with Crippen LogP contribution in [-0.4, -0.2) is 35.6 Å². The van der Waals surface area contributed by atoms with Gasteiger partial charge in [-0.1, -0.05) is 19.8 Å². The first-order valence-corrected chi connectivity index (χ1v) is 8.59. The van der Waals surface area contributed by atoms with E-state index in [-0.39, 0.29) is 5.91 Å². The number of H-pyrrole nitrogens is 1. The van der Waals surface area contributed by atoms with Crippen molar-refractivity contribution in [1.29, 1.82) is 0 Å². The number of hydrogen-bond acceptors (Lipinski definition) is 4. The number of ether oxygens (including phenoxy) is 1. The van der Waals surface area contributed by atoms with Crippen molar-refractivity contribution in [3.05, 3.63) is 17.7 Å². The molecule has 1 aliphatic heterocycles. The molecule has 0 saturated heterocycles. The Kier molecular flexibility index (Phi) is 4.41. The molecule has 0 spiro atoms. The van der Waals surface area contributed by atoms with Gasteiger partial charge in [-0.2, -0.15) is 0 Å². The maximum absolute atomic E-state index is 12.9. The second-order valence-corrected chi connectivity index (χ2v) is 6.88. The molecule has 0 fully saturated rings. The molecule has 7 nitrogen and oxygen atoms in total. The maximum atomic E-state index is 12.9. The third-order valence-corrected chi connectivity index (χ3v) is 4.73. The Morgan fingerprint density at radius 1 is 1.36 bits per heavy atom. The molecule has 1 aromatic carbocycles. The minimum atomic E-state index is -0.580. The molecule has 2 aromatic rings. The van der Waals surface area contributed by atoms with Gasteiger partial charge in [0.15, 0.2) is 0 Å². The number of benzene rings is 1. The highest BCUT2D eigenvalue weighted by Gasteiger charge is 2.43. The van der Waals surface area contributed by atoms with Crippen LogP contribution in [0.2, 0.25) is 0 Å². The summed E-state index contributed by atoms with van der Waals surface area (Å²) < 4.78 is 4.59. The Balaban J connectivity index is 1.99. The Bertz CT molecular complexity index is 825. The summed E-state index contributed by atoms with van der Waals surface area (Å²) in [6.45, 7) is 6.76. The standard InChI is InChI=1S/C18H24N4O3/c1-5-6-7-8-22-14-10-13-12(9-11(14)18(2,3)15(22)23)19-16(20-13)21-17(24)25-4/h9-10H,5-8H2,1-4H3,(H2,19,20,21,24). The number of rotatable bonds is 5. The largest absolute Gasteiger partial charge is 0.453 e. The van der Waals surface area contributed by atoms with Crippen LogP contribution >= 0.6 is 0 Å². The Morgan fingerprint density at radius 2 is 2.12 bits per heavy atom. The van der Waals surface area contributed by atoms with Gasteiger partial charge in [-0.25, -0.2) is 9.78 Å².